The minimum absolute atomic E-state index is 0.235. The van der Waals surface area contributed by atoms with Crippen LogP contribution in [0, 0.1) is 20.8 Å². The van der Waals surface area contributed by atoms with Gasteiger partial charge in [-0.15, -0.1) is 0 Å². The largest absolute Gasteiger partial charge is 0.378 e. The van der Waals surface area contributed by atoms with Gasteiger partial charge in [0, 0.05) is 17.9 Å². The first kappa shape index (κ1) is 13.9. The van der Waals surface area contributed by atoms with Gasteiger partial charge in [0.05, 0.1) is 0 Å². The van der Waals surface area contributed by atoms with Crippen LogP contribution in [0.5, 0.6) is 0 Å². The minimum Gasteiger partial charge on any atom is -0.378 e. The van der Waals surface area contributed by atoms with Crippen LogP contribution >= 0.6 is 11.6 Å². The predicted molar refractivity (Wildman–Crippen MR) is 81.9 cm³/mol. The molecule has 1 aromatic heterocycles. The Balaban J connectivity index is 2.28. The van der Waals surface area contributed by atoms with Crippen LogP contribution in [0.4, 0.5) is 5.69 Å². The van der Waals surface area contributed by atoms with E-state index in [-0.39, 0.29) is 6.04 Å². The Morgan fingerprint density at radius 3 is 2.32 bits per heavy atom. The molecular weight excluding hydrogens is 256 g/mol. The Kier molecular flexibility index (Phi) is 4.11. The van der Waals surface area contributed by atoms with Crippen molar-refractivity contribution in [2.24, 2.45) is 0 Å². The molecule has 0 saturated heterocycles. The number of benzene rings is 1. The van der Waals surface area contributed by atoms with Crippen molar-refractivity contribution in [3.63, 3.8) is 0 Å². The Morgan fingerprint density at radius 1 is 1.11 bits per heavy atom. The van der Waals surface area contributed by atoms with Crippen LogP contribution in [-0.4, -0.2) is 4.98 Å². The number of nitrogens with zero attached hydrogens (tertiary/aromatic N) is 1. The lowest BCUT2D eigenvalue weighted by Crippen LogP contribution is -2.10. The van der Waals surface area contributed by atoms with E-state index >= 15 is 0 Å². The van der Waals surface area contributed by atoms with Gasteiger partial charge >= 0.3 is 0 Å². The summed E-state index contributed by atoms with van der Waals surface area (Å²) in [6.45, 7) is 8.61. The summed E-state index contributed by atoms with van der Waals surface area (Å²) in [6.07, 6.45) is 1.71. The van der Waals surface area contributed by atoms with E-state index in [0.29, 0.717) is 5.15 Å². The molecule has 1 heterocycles. The molecule has 1 aromatic carbocycles. The first-order chi connectivity index (χ1) is 8.97. The molecule has 0 fully saturated rings. The van der Waals surface area contributed by atoms with Crippen molar-refractivity contribution in [2.75, 3.05) is 5.32 Å². The number of nitrogens with one attached hydrogen (secondary N) is 1. The van der Waals surface area contributed by atoms with Crippen LogP contribution in [0.25, 0.3) is 0 Å². The molecule has 2 nitrogen and oxygen atoms in total. The lowest BCUT2D eigenvalue weighted by Gasteiger charge is -2.21. The van der Waals surface area contributed by atoms with Gasteiger partial charge in [0.1, 0.15) is 5.15 Å². The molecule has 1 N–H and O–H groups in total. The Bertz CT molecular complexity index is 570. The van der Waals surface area contributed by atoms with Gasteiger partial charge < -0.3 is 5.32 Å². The normalized spacial score (nSPS) is 12.3. The van der Waals surface area contributed by atoms with Gasteiger partial charge in [-0.05, 0) is 56.5 Å². The number of hydrogen-bond acceptors (Lipinski definition) is 2. The average Bonchev–Trinajstić information content (AvgIpc) is 2.27. The molecule has 0 saturated carbocycles. The molecule has 0 aliphatic carbocycles. The predicted octanol–water partition coefficient (Wildman–Crippen LogP) is 4.83. The van der Waals surface area contributed by atoms with E-state index in [2.05, 4.69) is 50.1 Å². The molecule has 0 bridgehead atoms. The van der Waals surface area contributed by atoms with Crippen molar-refractivity contribution in [2.45, 2.75) is 33.7 Å². The SMILES string of the molecule is Cc1cc(C)c(C(C)Nc2ccnc(Cl)c2)c(C)c1. The fraction of sp³-hybridized carbons (Fsp3) is 0.312. The summed E-state index contributed by atoms with van der Waals surface area (Å²) in [5.41, 5.74) is 6.28. The third-order valence-electron chi connectivity index (χ3n) is 3.28. The molecule has 19 heavy (non-hydrogen) atoms. The molecule has 0 amide bonds. The summed E-state index contributed by atoms with van der Waals surface area (Å²) in [5.74, 6) is 0. The fourth-order valence-electron chi connectivity index (χ4n) is 2.69. The Hall–Kier alpha value is -1.54. The first-order valence-electron chi connectivity index (χ1n) is 6.43. The maximum Gasteiger partial charge on any atom is 0.131 e. The van der Waals surface area contributed by atoms with Gasteiger partial charge in [0.25, 0.3) is 0 Å². The number of halogens is 1. The lowest BCUT2D eigenvalue weighted by atomic mass is 9.95. The van der Waals surface area contributed by atoms with Crippen molar-refractivity contribution in [1.82, 2.24) is 4.98 Å². The Morgan fingerprint density at radius 2 is 1.74 bits per heavy atom. The zero-order chi connectivity index (χ0) is 14.0. The molecule has 0 radical (unpaired) electrons. The molecule has 100 valence electrons. The zero-order valence-corrected chi connectivity index (χ0v) is 12.5. The zero-order valence-electron chi connectivity index (χ0n) is 11.8. The molecule has 1 atom stereocenters. The van der Waals surface area contributed by atoms with Gasteiger partial charge in [-0.25, -0.2) is 4.98 Å². The van der Waals surface area contributed by atoms with Crippen LogP contribution < -0.4 is 5.32 Å². The number of rotatable bonds is 3. The molecule has 0 spiro atoms. The first-order valence-corrected chi connectivity index (χ1v) is 6.81. The highest BCUT2D eigenvalue weighted by atomic mass is 35.5. The lowest BCUT2D eigenvalue weighted by molar-refractivity contribution is 0.861. The standard InChI is InChI=1S/C16H19ClN2/c1-10-7-11(2)16(12(3)8-10)13(4)19-14-5-6-18-15(17)9-14/h5-9,13H,1-4H3,(H,18,19). The fourth-order valence-corrected chi connectivity index (χ4v) is 2.86. The average molecular weight is 275 g/mol. The van der Waals surface area contributed by atoms with Crippen LogP contribution in [-0.2, 0) is 0 Å². The van der Waals surface area contributed by atoms with Crippen molar-refractivity contribution in [1.29, 1.82) is 0 Å². The second-order valence-corrected chi connectivity index (χ2v) is 5.43. The smallest absolute Gasteiger partial charge is 0.131 e. The summed E-state index contributed by atoms with van der Waals surface area (Å²) in [7, 11) is 0. The molecule has 0 aliphatic heterocycles. The quantitative estimate of drug-likeness (QED) is 0.811. The topological polar surface area (TPSA) is 24.9 Å². The van der Waals surface area contributed by atoms with Crippen LogP contribution in [0.3, 0.4) is 0 Å². The number of aromatic nitrogens is 1. The monoisotopic (exact) mass is 274 g/mol. The second kappa shape index (κ2) is 5.62. The third kappa shape index (κ3) is 3.27. The Labute approximate surface area is 119 Å². The molecule has 3 heteroatoms. The van der Waals surface area contributed by atoms with Crippen molar-refractivity contribution in [3.05, 3.63) is 57.9 Å². The number of anilines is 1. The van der Waals surface area contributed by atoms with E-state index in [1.807, 2.05) is 12.1 Å². The van der Waals surface area contributed by atoms with Gasteiger partial charge in [0.15, 0.2) is 0 Å². The van der Waals surface area contributed by atoms with Gasteiger partial charge in [-0.1, -0.05) is 29.3 Å². The highest BCUT2D eigenvalue weighted by molar-refractivity contribution is 6.29. The van der Waals surface area contributed by atoms with Crippen LogP contribution in [0.2, 0.25) is 5.15 Å². The van der Waals surface area contributed by atoms with E-state index in [1.165, 1.54) is 22.3 Å². The van der Waals surface area contributed by atoms with Crippen molar-refractivity contribution in [3.8, 4) is 0 Å². The molecule has 1 unspecified atom stereocenters. The molecule has 0 aliphatic rings. The number of pyridine rings is 1. The van der Waals surface area contributed by atoms with E-state index in [4.69, 9.17) is 11.6 Å². The molecular formula is C16H19ClN2. The summed E-state index contributed by atoms with van der Waals surface area (Å²) in [6, 6.07) is 8.46. The van der Waals surface area contributed by atoms with Crippen LogP contribution in [0.1, 0.15) is 35.2 Å². The van der Waals surface area contributed by atoms with Gasteiger partial charge in [-0.3, -0.25) is 0 Å². The number of hydrogen-bond donors (Lipinski definition) is 1. The minimum atomic E-state index is 0.235. The maximum absolute atomic E-state index is 5.91. The molecule has 2 aromatic rings. The summed E-state index contributed by atoms with van der Waals surface area (Å²) in [5, 5.41) is 3.98. The van der Waals surface area contributed by atoms with Crippen molar-refractivity contribution >= 4 is 17.3 Å². The summed E-state index contributed by atoms with van der Waals surface area (Å²) in [4.78, 5) is 3.99. The van der Waals surface area contributed by atoms with Gasteiger partial charge in [0.2, 0.25) is 0 Å². The second-order valence-electron chi connectivity index (χ2n) is 5.05. The maximum atomic E-state index is 5.91. The number of aryl methyl sites for hydroxylation is 3. The van der Waals surface area contributed by atoms with E-state index in [0.717, 1.165) is 5.69 Å². The van der Waals surface area contributed by atoms with E-state index < -0.39 is 0 Å². The van der Waals surface area contributed by atoms with Crippen LogP contribution in [0.15, 0.2) is 30.5 Å². The third-order valence-corrected chi connectivity index (χ3v) is 3.49. The summed E-state index contributed by atoms with van der Waals surface area (Å²) >= 11 is 5.91. The summed E-state index contributed by atoms with van der Waals surface area (Å²) < 4.78 is 0. The van der Waals surface area contributed by atoms with E-state index in [1.54, 1.807) is 6.20 Å². The highest BCUT2D eigenvalue weighted by Crippen LogP contribution is 2.26. The van der Waals surface area contributed by atoms with E-state index in [9.17, 15) is 0 Å². The van der Waals surface area contributed by atoms with Crippen molar-refractivity contribution < 1.29 is 0 Å². The highest BCUT2D eigenvalue weighted by Gasteiger charge is 2.12. The molecule has 2 rings (SSSR count). The van der Waals surface area contributed by atoms with Gasteiger partial charge in [-0.2, -0.15) is 0 Å².